The van der Waals surface area contributed by atoms with Gasteiger partial charge >= 0.3 is 0 Å². The van der Waals surface area contributed by atoms with Gasteiger partial charge in [0.05, 0.1) is 35.6 Å². The SMILES string of the molecule is CCC(NC(=O)c1ccc(Cl)cc1)C1[C@H]2CC(n3cc(N)nn3)C[C@@H]12.CCC(NC(=O)c1ccc(Cl)cc1)C1[C@H]2CC(n3cc(N4C(=O)c5ccccc5C4=O)nn3)C[C@@H]12. The summed E-state index contributed by atoms with van der Waals surface area (Å²) in [6.45, 7) is 4.24. The summed E-state index contributed by atoms with van der Waals surface area (Å²) in [7, 11) is 0. The van der Waals surface area contributed by atoms with E-state index in [1.807, 2.05) is 10.9 Å². The van der Waals surface area contributed by atoms with Crippen molar-refractivity contribution in [2.45, 2.75) is 76.5 Å². The number of nitrogens with two attached hydrogens (primary N) is 1. The third-order valence-corrected chi connectivity index (χ3v) is 13.9. The Labute approximate surface area is 357 Å². The number of hydrogen-bond acceptors (Lipinski definition) is 9. The number of hydrogen-bond donors (Lipinski definition) is 3. The lowest BCUT2D eigenvalue weighted by molar-refractivity contribution is 0.0912. The van der Waals surface area contributed by atoms with Crippen LogP contribution in [0.2, 0.25) is 10.0 Å². The summed E-state index contributed by atoms with van der Waals surface area (Å²) in [5.41, 5.74) is 7.71. The molecule has 16 heteroatoms. The molecule has 3 heterocycles. The number of anilines is 2. The predicted molar refractivity (Wildman–Crippen MR) is 226 cm³/mol. The number of rotatable bonds is 11. The van der Waals surface area contributed by atoms with Gasteiger partial charge in [0.15, 0.2) is 11.6 Å². The van der Waals surface area contributed by atoms with Crippen molar-refractivity contribution in [3.05, 3.63) is 117 Å². The fourth-order valence-corrected chi connectivity index (χ4v) is 10.7. The molecule has 4 aliphatic carbocycles. The van der Waals surface area contributed by atoms with E-state index in [0.717, 1.165) is 43.4 Å². The predicted octanol–water partition coefficient (Wildman–Crippen LogP) is 7.06. The van der Waals surface area contributed by atoms with Crippen LogP contribution in [0.5, 0.6) is 0 Å². The van der Waals surface area contributed by atoms with Crippen molar-refractivity contribution in [3.63, 3.8) is 0 Å². The van der Waals surface area contributed by atoms with Gasteiger partial charge < -0.3 is 16.4 Å². The molecule has 6 unspecified atom stereocenters. The molecule has 0 radical (unpaired) electrons. The third-order valence-electron chi connectivity index (χ3n) is 13.4. The second-order valence-corrected chi connectivity index (χ2v) is 17.6. The molecule has 60 heavy (non-hydrogen) atoms. The summed E-state index contributed by atoms with van der Waals surface area (Å²) in [5.74, 6) is 3.27. The van der Waals surface area contributed by atoms with E-state index in [9.17, 15) is 19.2 Å². The molecule has 2 aromatic heterocycles. The van der Waals surface area contributed by atoms with Crippen molar-refractivity contribution in [1.29, 1.82) is 0 Å². The number of fused-ring (bicyclic) bond motifs is 3. The van der Waals surface area contributed by atoms with Gasteiger partial charge in [-0.15, -0.1) is 10.2 Å². The number of imide groups is 1. The van der Waals surface area contributed by atoms with Crippen molar-refractivity contribution < 1.29 is 19.2 Å². The first-order valence-corrected chi connectivity index (χ1v) is 21.5. The Kier molecular flexibility index (Phi) is 10.7. The zero-order chi connectivity index (χ0) is 41.8. The Morgan fingerprint density at radius 3 is 1.48 bits per heavy atom. The number of amides is 4. The lowest BCUT2D eigenvalue weighted by Gasteiger charge is -2.21. The molecule has 5 aliphatic rings. The Bertz CT molecular complexity index is 2380. The van der Waals surface area contributed by atoms with E-state index in [-0.39, 0.29) is 47.6 Å². The molecule has 310 valence electrons. The van der Waals surface area contributed by atoms with Gasteiger partial charge in [-0.1, -0.05) is 59.6 Å². The maximum absolute atomic E-state index is 12.7. The van der Waals surface area contributed by atoms with Crippen molar-refractivity contribution in [2.24, 2.45) is 35.5 Å². The van der Waals surface area contributed by atoms with Gasteiger partial charge in [0.25, 0.3) is 23.6 Å². The number of benzene rings is 3. The Morgan fingerprint density at radius 2 is 1.08 bits per heavy atom. The van der Waals surface area contributed by atoms with Gasteiger partial charge in [-0.2, -0.15) is 0 Å². The second-order valence-electron chi connectivity index (χ2n) is 16.7. The van der Waals surface area contributed by atoms with E-state index in [2.05, 4.69) is 45.1 Å². The topological polar surface area (TPSA) is 183 Å². The average Bonchev–Trinajstić information content (AvgIpc) is 3.67. The highest BCUT2D eigenvalue weighted by molar-refractivity contribution is 6.34. The molecule has 0 saturated heterocycles. The van der Waals surface area contributed by atoms with E-state index in [4.69, 9.17) is 28.9 Å². The van der Waals surface area contributed by atoms with E-state index >= 15 is 0 Å². The van der Waals surface area contributed by atoms with Gasteiger partial charge in [0, 0.05) is 33.3 Å². The number of carbonyl (C=O) groups excluding carboxylic acids is 4. The molecule has 10 atom stereocenters. The largest absolute Gasteiger partial charge is 0.381 e. The molecule has 1 aliphatic heterocycles. The summed E-state index contributed by atoms with van der Waals surface area (Å²) in [6, 6.07) is 21.7. The highest BCUT2D eigenvalue weighted by atomic mass is 35.5. The smallest absolute Gasteiger partial charge is 0.267 e. The fourth-order valence-electron chi connectivity index (χ4n) is 10.4. The van der Waals surface area contributed by atoms with Crippen molar-refractivity contribution in [1.82, 2.24) is 40.6 Å². The Hall–Kier alpha value is -5.60. The zero-order valence-corrected chi connectivity index (χ0v) is 34.7. The molecule has 14 nitrogen and oxygen atoms in total. The van der Waals surface area contributed by atoms with Crippen molar-refractivity contribution in [3.8, 4) is 0 Å². The molecule has 4 fully saturated rings. The van der Waals surface area contributed by atoms with Crippen LogP contribution in [-0.2, 0) is 0 Å². The van der Waals surface area contributed by atoms with Crippen molar-refractivity contribution in [2.75, 3.05) is 10.6 Å². The Morgan fingerprint density at radius 1 is 0.667 bits per heavy atom. The average molecular weight is 850 g/mol. The molecule has 0 spiro atoms. The van der Waals surface area contributed by atoms with Gasteiger partial charge in [-0.3, -0.25) is 19.2 Å². The van der Waals surface area contributed by atoms with Crippen LogP contribution in [0, 0.1) is 35.5 Å². The first kappa shape index (κ1) is 39.8. The molecule has 3 aromatic carbocycles. The summed E-state index contributed by atoms with van der Waals surface area (Å²) >= 11 is 11.8. The lowest BCUT2D eigenvalue weighted by Crippen LogP contribution is -2.37. The van der Waals surface area contributed by atoms with Gasteiger partial charge in [0.1, 0.15) is 0 Å². The summed E-state index contributed by atoms with van der Waals surface area (Å²) in [6.07, 6.45) is 9.38. The quantitative estimate of drug-likeness (QED) is 0.117. The van der Waals surface area contributed by atoms with Crippen LogP contribution >= 0.6 is 23.2 Å². The van der Waals surface area contributed by atoms with Crippen LogP contribution in [0.4, 0.5) is 11.6 Å². The first-order valence-electron chi connectivity index (χ1n) is 20.7. The van der Waals surface area contributed by atoms with Crippen LogP contribution in [0.3, 0.4) is 0 Å². The van der Waals surface area contributed by atoms with Gasteiger partial charge in [-0.25, -0.2) is 14.3 Å². The molecule has 4 saturated carbocycles. The molecular weight excluding hydrogens is 803 g/mol. The molecule has 0 bridgehead atoms. The number of aromatic nitrogens is 6. The lowest BCUT2D eigenvalue weighted by atomic mass is 9.99. The molecule has 5 aromatic rings. The fraction of sp³-hybridized carbons (Fsp3) is 0.409. The monoisotopic (exact) mass is 848 g/mol. The maximum Gasteiger partial charge on any atom is 0.267 e. The van der Waals surface area contributed by atoms with Crippen LogP contribution in [0.15, 0.2) is 85.2 Å². The van der Waals surface area contributed by atoms with E-state index in [1.54, 1.807) is 83.7 Å². The van der Waals surface area contributed by atoms with E-state index < -0.39 is 0 Å². The minimum Gasteiger partial charge on any atom is -0.381 e. The van der Waals surface area contributed by atoms with E-state index in [1.165, 1.54) is 0 Å². The van der Waals surface area contributed by atoms with Gasteiger partial charge in [0.2, 0.25) is 0 Å². The molecular formula is C44H46Cl2N10O4. The maximum atomic E-state index is 12.7. The summed E-state index contributed by atoms with van der Waals surface area (Å²) in [5, 5.41) is 24.0. The number of halogens is 2. The zero-order valence-electron chi connectivity index (χ0n) is 33.2. The number of nitrogen functional groups attached to an aromatic ring is 1. The number of nitrogens with one attached hydrogen (secondary N) is 2. The van der Waals surface area contributed by atoms with Crippen LogP contribution in [0.1, 0.15) is 106 Å². The second kappa shape index (κ2) is 16.1. The summed E-state index contributed by atoms with van der Waals surface area (Å²) in [4.78, 5) is 51.8. The first-order chi connectivity index (χ1) is 29.0. The van der Waals surface area contributed by atoms with Crippen molar-refractivity contribution >= 4 is 58.5 Å². The van der Waals surface area contributed by atoms with E-state index in [0.29, 0.717) is 79.7 Å². The normalized spacial score (nSPS) is 26.6. The van der Waals surface area contributed by atoms with Gasteiger partial charge in [-0.05, 0) is 135 Å². The highest BCUT2D eigenvalue weighted by Gasteiger charge is 2.60. The molecule has 10 rings (SSSR count). The summed E-state index contributed by atoms with van der Waals surface area (Å²) < 4.78 is 3.68. The Balaban J connectivity index is 0.000000163. The number of nitrogens with zero attached hydrogens (tertiary/aromatic N) is 7. The molecule has 4 N–H and O–H groups in total. The number of carbonyl (C=O) groups is 4. The van der Waals surface area contributed by atoms with Crippen LogP contribution in [-0.4, -0.2) is 65.7 Å². The van der Waals surface area contributed by atoms with Crippen LogP contribution < -0.4 is 21.3 Å². The highest BCUT2D eigenvalue weighted by Crippen LogP contribution is 2.63. The minimum absolute atomic E-state index is 0.0194. The third kappa shape index (κ3) is 7.55. The van der Waals surface area contributed by atoms with Crippen LogP contribution in [0.25, 0.3) is 0 Å². The minimum atomic E-state index is -0.366. The molecule has 4 amide bonds. The standard InChI is InChI=1S/C26H24ClN5O3.C18H22ClN5O/c1-2-21(28-24(33)14-7-9-15(27)10-8-14)23-19-11-16(12-20(19)23)31-13-22(29-30-31)32-25(34)17-5-3-4-6-18(17)26(32)35;1-2-15(21-18(25)10-3-5-11(19)6-4-10)17-13-7-12(8-14(13)17)24-9-16(20)22-23-24/h3-10,13,16,19-21,23H,2,11-12H2,1H3,(H,28,33);3-6,9,12-15,17H,2,7-8,20H2,1H3,(H,21,25)/t16?,19-,20+,21?,23?;12?,13-,14+,15?,17?.